The summed E-state index contributed by atoms with van der Waals surface area (Å²) in [5.41, 5.74) is 4.10. The van der Waals surface area contributed by atoms with Crippen LogP contribution in [0, 0.1) is 17.2 Å². The first-order valence-corrected chi connectivity index (χ1v) is 10.4. The molecule has 144 valence electrons. The molecule has 1 aromatic rings. The molecule has 2 aliphatic rings. The maximum absolute atomic E-state index is 12.6. The Morgan fingerprint density at radius 2 is 1.93 bits per heavy atom. The van der Waals surface area contributed by atoms with E-state index in [1.165, 1.54) is 43.2 Å². The van der Waals surface area contributed by atoms with Crippen LogP contribution < -0.4 is 10.6 Å². The van der Waals surface area contributed by atoms with Gasteiger partial charge in [0.2, 0.25) is 0 Å². The number of nitriles is 1. The first-order valence-electron chi connectivity index (χ1n) is 10.4. The van der Waals surface area contributed by atoms with Crippen molar-refractivity contribution in [2.75, 3.05) is 0 Å². The highest BCUT2D eigenvalue weighted by atomic mass is 16.1. The molecule has 3 unspecified atom stereocenters. The number of carbonyl (C=O) groups is 1. The summed E-state index contributed by atoms with van der Waals surface area (Å²) < 4.78 is 0. The Kier molecular flexibility index (Phi) is 6.55. The molecule has 2 N–H and O–H groups in total. The Balaban J connectivity index is 1.62. The van der Waals surface area contributed by atoms with Gasteiger partial charge in [0.15, 0.2) is 0 Å². The van der Waals surface area contributed by atoms with Crippen LogP contribution in [0.5, 0.6) is 0 Å². The maximum Gasteiger partial charge on any atom is 0.263 e. The van der Waals surface area contributed by atoms with E-state index in [-0.39, 0.29) is 17.5 Å². The van der Waals surface area contributed by atoms with Gasteiger partial charge in [0.1, 0.15) is 11.6 Å². The maximum atomic E-state index is 12.6. The number of amides is 1. The van der Waals surface area contributed by atoms with Crippen molar-refractivity contribution in [2.24, 2.45) is 5.92 Å². The first kappa shape index (κ1) is 19.5. The van der Waals surface area contributed by atoms with E-state index >= 15 is 0 Å². The van der Waals surface area contributed by atoms with Crippen molar-refractivity contribution in [1.82, 2.24) is 10.6 Å². The monoisotopic (exact) mass is 365 g/mol. The molecule has 1 fully saturated rings. The fraction of sp³-hybridized carbons (Fsp3) is 0.565. The molecular formula is C23H31N3O. The van der Waals surface area contributed by atoms with Crippen LogP contribution in [-0.4, -0.2) is 11.9 Å². The summed E-state index contributed by atoms with van der Waals surface area (Å²) in [4.78, 5) is 12.6. The average molecular weight is 366 g/mol. The smallest absolute Gasteiger partial charge is 0.263 e. The van der Waals surface area contributed by atoms with Crippen LogP contribution in [0.15, 0.2) is 30.0 Å². The van der Waals surface area contributed by atoms with E-state index in [9.17, 15) is 10.1 Å². The van der Waals surface area contributed by atoms with Crippen LogP contribution in [0.3, 0.4) is 0 Å². The third-order valence-electron chi connectivity index (χ3n) is 6.14. The normalized spacial score (nSPS) is 23.7. The predicted molar refractivity (Wildman–Crippen MR) is 108 cm³/mol. The van der Waals surface area contributed by atoms with Crippen LogP contribution in [0.2, 0.25) is 0 Å². The Morgan fingerprint density at radius 3 is 2.67 bits per heavy atom. The lowest BCUT2D eigenvalue weighted by molar-refractivity contribution is -0.117. The fourth-order valence-corrected chi connectivity index (χ4v) is 4.28. The minimum absolute atomic E-state index is 0.116. The first-order chi connectivity index (χ1) is 13.1. The van der Waals surface area contributed by atoms with Crippen molar-refractivity contribution in [3.63, 3.8) is 0 Å². The summed E-state index contributed by atoms with van der Waals surface area (Å²) >= 11 is 0. The number of hydrogen-bond donors (Lipinski definition) is 2. The molecule has 0 spiro atoms. The third kappa shape index (κ3) is 4.91. The van der Waals surface area contributed by atoms with Gasteiger partial charge in [0.05, 0.1) is 6.04 Å². The van der Waals surface area contributed by atoms with Gasteiger partial charge in [-0.25, -0.2) is 0 Å². The zero-order valence-electron chi connectivity index (χ0n) is 16.6. The van der Waals surface area contributed by atoms with Gasteiger partial charge >= 0.3 is 0 Å². The Morgan fingerprint density at radius 1 is 1.19 bits per heavy atom. The number of rotatable bonds is 5. The minimum atomic E-state index is -0.307. The Labute approximate surface area is 163 Å². The number of carbonyl (C=O) groups excluding carboxylic acids is 1. The molecule has 0 saturated heterocycles. The average Bonchev–Trinajstić information content (AvgIpc) is 2.69. The van der Waals surface area contributed by atoms with E-state index in [0.717, 1.165) is 24.8 Å². The Hall–Kier alpha value is -2.28. The van der Waals surface area contributed by atoms with Gasteiger partial charge in [-0.1, -0.05) is 38.0 Å². The second-order valence-corrected chi connectivity index (χ2v) is 8.14. The SMILES string of the molecule is CC(NC(=O)/C(C#N)=C\NC1CCCCC1C)c1ccc2c(c1)CCCC2. The molecule has 0 heterocycles. The highest BCUT2D eigenvalue weighted by molar-refractivity contribution is 5.97. The zero-order valence-corrected chi connectivity index (χ0v) is 16.6. The summed E-state index contributed by atoms with van der Waals surface area (Å²) in [7, 11) is 0. The molecule has 4 nitrogen and oxygen atoms in total. The third-order valence-corrected chi connectivity index (χ3v) is 6.14. The number of nitrogens with zero attached hydrogens (tertiary/aromatic N) is 1. The van der Waals surface area contributed by atoms with Crippen molar-refractivity contribution >= 4 is 5.91 Å². The lowest BCUT2D eigenvalue weighted by atomic mass is 9.86. The van der Waals surface area contributed by atoms with Crippen molar-refractivity contribution in [2.45, 2.75) is 77.3 Å². The predicted octanol–water partition coefficient (Wildman–Crippen LogP) is 4.32. The van der Waals surface area contributed by atoms with Crippen LogP contribution in [0.4, 0.5) is 0 Å². The van der Waals surface area contributed by atoms with Gasteiger partial charge in [0, 0.05) is 12.2 Å². The van der Waals surface area contributed by atoms with E-state index in [1.54, 1.807) is 6.20 Å². The number of aryl methyl sites for hydroxylation is 2. The molecule has 2 aliphatic carbocycles. The van der Waals surface area contributed by atoms with E-state index in [2.05, 4.69) is 35.8 Å². The van der Waals surface area contributed by atoms with Crippen LogP contribution >= 0.6 is 0 Å². The van der Waals surface area contributed by atoms with Crippen molar-refractivity contribution in [3.05, 3.63) is 46.7 Å². The highest BCUT2D eigenvalue weighted by Gasteiger charge is 2.21. The highest BCUT2D eigenvalue weighted by Crippen LogP contribution is 2.25. The van der Waals surface area contributed by atoms with Gasteiger partial charge < -0.3 is 10.6 Å². The van der Waals surface area contributed by atoms with E-state index in [1.807, 2.05) is 13.0 Å². The quantitative estimate of drug-likeness (QED) is 0.603. The lowest BCUT2D eigenvalue weighted by Crippen LogP contribution is -2.35. The molecule has 0 radical (unpaired) electrons. The molecule has 0 bridgehead atoms. The molecule has 0 aromatic heterocycles. The summed E-state index contributed by atoms with van der Waals surface area (Å²) in [5.74, 6) is 0.270. The number of benzene rings is 1. The lowest BCUT2D eigenvalue weighted by Gasteiger charge is -2.29. The second-order valence-electron chi connectivity index (χ2n) is 8.14. The van der Waals surface area contributed by atoms with Gasteiger partial charge in [-0.2, -0.15) is 5.26 Å². The number of nitrogens with one attached hydrogen (secondary N) is 2. The molecule has 4 heteroatoms. The largest absolute Gasteiger partial charge is 0.387 e. The molecular weight excluding hydrogens is 334 g/mol. The molecule has 27 heavy (non-hydrogen) atoms. The number of hydrogen-bond acceptors (Lipinski definition) is 3. The Bertz CT molecular complexity index is 746. The molecule has 1 saturated carbocycles. The summed E-state index contributed by atoms with van der Waals surface area (Å²) in [6.45, 7) is 4.21. The van der Waals surface area contributed by atoms with Crippen LogP contribution in [-0.2, 0) is 17.6 Å². The van der Waals surface area contributed by atoms with Crippen LogP contribution in [0.25, 0.3) is 0 Å². The van der Waals surface area contributed by atoms with Crippen molar-refractivity contribution < 1.29 is 4.79 Å². The molecule has 1 amide bonds. The van der Waals surface area contributed by atoms with Gasteiger partial charge in [-0.3, -0.25) is 4.79 Å². The van der Waals surface area contributed by atoms with E-state index in [4.69, 9.17) is 0 Å². The summed E-state index contributed by atoms with van der Waals surface area (Å²) in [6.07, 6.45) is 11.2. The van der Waals surface area contributed by atoms with E-state index < -0.39 is 0 Å². The molecule has 3 atom stereocenters. The molecule has 1 aromatic carbocycles. The van der Waals surface area contributed by atoms with Gasteiger partial charge in [-0.05, 0) is 68.1 Å². The van der Waals surface area contributed by atoms with Crippen molar-refractivity contribution in [1.29, 1.82) is 5.26 Å². The summed E-state index contributed by atoms with van der Waals surface area (Å²) in [5, 5.41) is 15.7. The van der Waals surface area contributed by atoms with Crippen molar-refractivity contribution in [3.8, 4) is 6.07 Å². The topological polar surface area (TPSA) is 64.9 Å². The second kappa shape index (κ2) is 9.08. The minimum Gasteiger partial charge on any atom is -0.387 e. The van der Waals surface area contributed by atoms with E-state index in [0.29, 0.717) is 12.0 Å². The number of fused-ring (bicyclic) bond motifs is 1. The summed E-state index contributed by atoms with van der Waals surface area (Å²) in [6, 6.07) is 8.81. The fourth-order valence-electron chi connectivity index (χ4n) is 4.28. The van der Waals surface area contributed by atoms with Gasteiger partial charge in [0.25, 0.3) is 5.91 Å². The standard InChI is InChI=1S/C23H31N3O/c1-16-7-3-6-10-22(16)25-15-21(14-24)23(27)26-17(2)19-12-11-18-8-4-5-9-20(18)13-19/h11-13,15-17,22,25H,3-10H2,1-2H3,(H,26,27)/b21-15-. The van der Waals surface area contributed by atoms with Gasteiger partial charge in [-0.15, -0.1) is 0 Å². The molecule has 3 rings (SSSR count). The zero-order chi connectivity index (χ0) is 19.2. The van der Waals surface area contributed by atoms with Crippen LogP contribution in [0.1, 0.15) is 75.1 Å². The molecule has 0 aliphatic heterocycles.